The molecule has 0 radical (unpaired) electrons. The maximum Gasteiger partial charge on any atom is 0.163 e. The van der Waals surface area contributed by atoms with E-state index in [9.17, 15) is 4.79 Å². The summed E-state index contributed by atoms with van der Waals surface area (Å²) in [5.41, 5.74) is 5.62. The fraction of sp³-hybridized carbons (Fsp3) is 0.250. The van der Waals surface area contributed by atoms with Crippen molar-refractivity contribution in [3.63, 3.8) is 0 Å². The van der Waals surface area contributed by atoms with Crippen LogP contribution in [0.4, 0.5) is 11.4 Å². The number of ether oxygens (including phenoxy) is 3. The first-order valence-electron chi connectivity index (χ1n) is 11.4. The Balaban J connectivity index is 1.60. The SMILES string of the molecule is COc1ccc(C2Nc3ccccc3NC3=C2C(=O)CC(c2cc(OC)ccc2OC)C3)cc1. The van der Waals surface area contributed by atoms with E-state index in [0.717, 1.165) is 51.0 Å². The number of allylic oxidation sites excluding steroid dienone is 1. The van der Waals surface area contributed by atoms with Gasteiger partial charge < -0.3 is 24.8 Å². The average molecular weight is 457 g/mol. The van der Waals surface area contributed by atoms with Gasteiger partial charge in [0, 0.05) is 29.2 Å². The number of Topliss-reactive ketones (excluding diaryl/α,β-unsaturated/α-hetero) is 1. The summed E-state index contributed by atoms with van der Waals surface area (Å²) in [4.78, 5) is 13.7. The second-order valence-electron chi connectivity index (χ2n) is 8.55. The Morgan fingerprint density at radius 1 is 0.794 bits per heavy atom. The lowest BCUT2D eigenvalue weighted by Gasteiger charge is -2.30. The third kappa shape index (κ3) is 3.96. The fourth-order valence-electron chi connectivity index (χ4n) is 4.92. The Morgan fingerprint density at radius 3 is 2.21 bits per heavy atom. The van der Waals surface area contributed by atoms with Gasteiger partial charge in [0.2, 0.25) is 0 Å². The number of hydrogen-bond acceptors (Lipinski definition) is 6. The summed E-state index contributed by atoms with van der Waals surface area (Å²) in [6.07, 6.45) is 1.09. The molecule has 174 valence electrons. The van der Waals surface area contributed by atoms with Gasteiger partial charge in [-0.2, -0.15) is 0 Å². The van der Waals surface area contributed by atoms with Crippen molar-refractivity contribution in [2.24, 2.45) is 0 Å². The molecule has 2 unspecified atom stereocenters. The van der Waals surface area contributed by atoms with E-state index in [0.29, 0.717) is 12.8 Å². The highest BCUT2D eigenvalue weighted by molar-refractivity contribution is 6.01. The van der Waals surface area contributed by atoms with Crippen LogP contribution in [0.5, 0.6) is 17.2 Å². The Bertz CT molecular complexity index is 1250. The maximum absolute atomic E-state index is 13.7. The van der Waals surface area contributed by atoms with E-state index in [2.05, 4.69) is 10.6 Å². The number of nitrogens with one attached hydrogen (secondary N) is 2. The van der Waals surface area contributed by atoms with Gasteiger partial charge in [-0.05, 0) is 54.4 Å². The van der Waals surface area contributed by atoms with Gasteiger partial charge in [-0.3, -0.25) is 4.79 Å². The van der Waals surface area contributed by atoms with Crippen LogP contribution in [-0.4, -0.2) is 27.1 Å². The Kier molecular flexibility index (Phi) is 5.88. The third-order valence-corrected chi connectivity index (χ3v) is 6.63. The minimum atomic E-state index is -0.266. The van der Waals surface area contributed by atoms with Gasteiger partial charge in [-0.15, -0.1) is 0 Å². The molecule has 2 aliphatic rings. The Morgan fingerprint density at radius 2 is 1.50 bits per heavy atom. The quantitative estimate of drug-likeness (QED) is 0.514. The average Bonchev–Trinajstić information content (AvgIpc) is 3.05. The van der Waals surface area contributed by atoms with Crippen molar-refractivity contribution in [2.45, 2.75) is 24.8 Å². The number of hydrogen-bond donors (Lipinski definition) is 2. The van der Waals surface area contributed by atoms with Gasteiger partial charge >= 0.3 is 0 Å². The van der Waals surface area contributed by atoms with E-state index >= 15 is 0 Å². The van der Waals surface area contributed by atoms with Crippen LogP contribution in [-0.2, 0) is 4.79 Å². The number of benzene rings is 3. The number of carbonyl (C=O) groups is 1. The van der Waals surface area contributed by atoms with Gasteiger partial charge in [0.25, 0.3) is 0 Å². The van der Waals surface area contributed by atoms with E-state index in [1.165, 1.54) is 0 Å². The Labute approximate surface area is 199 Å². The highest BCUT2D eigenvalue weighted by Crippen LogP contribution is 2.46. The highest BCUT2D eigenvalue weighted by Gasteiger charge is 2.37. The monoisotopic (exact) mass is 456 g/mol. The summed E-state index contributed by atoms with van der Waals surface area (Å²) < 4.78 is 16.4. The van der Waals surface area contributed by atoms with Crippen LogP contribution in [0.15, 0.2) is 78.0 Å². The predicted octanol–water partition coefficient (Wildman–Crippen LogP) is 5.69. The number of fused-ring (bicyclic) bond motifs is 1. The van der Waals surface area contributed by atoms with Crippen molar-refractivity contribution in [2.75, 3.05) is 32.0 Å². The van der Waals surface area contributed by atoms with Gasteiger partial charge in [0.1, 0.15) is 17.2 Å². The molecular weight excluding hydrogens is 428 g/mol. The van der Waals surface area contributed by atoms with E-state index in [-0.39, 0.29) is 17.7 Å². The van der Waals surface area contributed by atoms with Crippen LogP contribution in [0.2, 0.25) is 0 Å². The number of para-hydroxylation sites is 2. The molecule has 34 heavy (non-hydrogen) atoms. The maximum atomic E-state index is 13.7. The van der Waals surface area contributed by atoms with Crippen LogP contribution in [0.1, 0.15) is 35.9 Å². The first-order chi connectivity index (χ1) is 16.6. The van der Waals surface area contributed by atoms with Crippen molar-refractivity contribution >= 4 is 17.2 Å². The first kappa shape index (κ1) is 21.9. The minimum absolute atomic E-state index is 0.0226. The lowest BCUT2D eigenvalue weighted by Crippen LogP contribution is -2.27. The molecule has 2 atom stereocenters. The van der Waals surface area contributed by atoms with Gasteiger partial charge in [0.05, 0.1) is 38.7 Å². The molecule has 1 aliphatic heterocycles. The number of carbonyl (C=O) groups excluding carboxylic acids is 1. The van der Waals surface area contributed by atoms with Gasteiger partial charge in [0.15, 0.2) is 5.78 Å². The zero-order valence-corrected chi connectivity index (χ0v) is 19.6. The summed E-state index contributed by atoms with van der Waals surface area (Å²) in [5, 5.41) is 7.19. The zero-order chi connectivity index (χ0) is 23.7. The molecule has 0 bridgehead atoms. The minimum Gasteiger partial charge on any atom is -0.497 e. The molecule has 1 aliphatic carbocycles. The number of anilines is 2. The van der Waals surface area contributed by atoms with E-state index < -0.39 is 0 Å². The summed E-state index contributed by atoms with van der Waals surface area (Å²) in [6.45, 7) is 0. The first-order valence-corrected chi connectivity index (χ1v) is 11.4. The smallest absolute Gasteiger partial charge is 0.163 e. The molecule has 5 rings (SSSR count). The van der Waals surface area contributed by atoms with E-state index in [1.54, 1.807) is 21.3 Å². The number of rotatable bonds is 5. The molecule has 0 spiro atoms. The van der Waals surface area contributed by atoms with Crippen LogP contribution in [0.3, 0.4) is 0 Å². The zero-order valence-electron chi connectivity index (χ0n) is 19.6. The van der Waals surface area contributed by atoms with Gasteiger partial charge in [-0.1, -0.05) is 24.3 Å². The van der Waals surface area contributed by atoms with Crippen LogP contribution < -0.4 is 24.8 Å². The molecule has 3 aromatic carbocycles. The van der Waals surface area contributed by atoms with Crippen molar-refractivity contribution < 1.29 is 19.0 Å². The van der Waals surface area contributed by atoms with Crippen molar-refractivity contribution in [1.82, 2.24) is 0 Å². The lowest BCUT2D eigenvalue weighted by atomic mass is 9.78. The molecule has 3 aromatic rings. The molecule has 0 saturated carbocycles. The van der Waals surface area contributed by atoms with Crippen molar-refractivity contribution in [3.8, 4) is 17.2 Å². The molecule has 1 heterocycles. The Hall–Kier alpha value is -3.93. The highest BCUT2D eigenvalue weighted by atomic mass is 16.5. The fourth-order valence-corrected chi connectivity index (χ4v) is 4.92. The number of ketones is 1. The van der Waals surface area contributed by atoms with Crippen LogP contribution >= 0.6 is 0 Å². The third-order valence-electron chi connectivity index (χ3n) is 6.63. The summed E-state index contributed by atoms with van der Waals surface area (Å²) in [6, 6.07) is 21.4. The molecule has 0 saturated heterocycles. The summed E-state index contributed by atoms with van der Waals surface area (Å²) in [7, 11) is 4.95. The van der Waals surface area contributed by atoms with E-state index in [4.69, 9.17) is 14.2 Å². The van der Waals surface area contributed by atoms with Crippen LogP contribution in [0, 0.1) is 0 Å². The predicted molar refractivity (Wildman–Crippen MR) is 133 cm³/mol. The molecular formula is C28H28N2O4. The lowest BCUT2D eigenvalue weighted by molar-refractivity contribution is -0.116. The van der Waals surface area contributed by atoms with Gasteiger partial charge in [-0.25, -0.2) is 0 Å². The van der Waals surface area contributed by atoms with E-state index in [1.807, 2.05) is 66.7 Å². The summed E-state index contributed by atoms with van der Waals surface area (Å²) in [5.74, 6) is 2.39. The molecule has 6 nitrogen and oxygen atoms in total. The normalized spacial score (nSPS) is 19.2. The number of methoxy groups -OCH3 is 3. The standard InChI is InChI=1S/C28H28N2O4/c1-32-19-10-8-17(9-11-19)28-27-24(29-22-6-4-5-7-23(22)30-28)14-18(15-25(27)31)21-16-20(33-2)12-13-26(21)34-3/h4-13,16,18,28-30H,14-15H2,1-3H3. The molecule has 0 fully saturated rings. The molecule has 0 amide bonds. The van der Waals surface area contributed by atoms with Crippen LogP contribution in [0.25, 0.3) is 0 Å². The van der Waals surface area contributed by atoms with Crippen molar-refractivity contribution in [1.29, 1.82) is 0 Å². The second kappa shape index (κ2) is 9.14. The molecule has 6 heteroatoms. The summed E-state index contributed by atoms with van der Waals surface area (Å²) >= 11 is 0. The second-order valence-corrected chi connectivity index (χ2v) is 8.55. The largest absolute Gasteiger partial charge is 0.497 e. The van der Waals surface area contributed by atoms with Crippen molar-refractivity contribution in [3.05, 3.63) is 89.1 Å². The molecule has 0 aromatic heterocycles. The molecule has 2 N–H and O–H groups in total. The topological polar surface area (TPSA) is 68.8 Å².